The number of piperidine rings is 1. The number of nitrogens with two attached hydrogens (primary N) is 1. The first-order valence-corrected chi connectivity index (χ1v) is 9.60. The highest BCUT2D eigenvalue weighted by molar-refractivity contribution is 6.07. The topological polar surface area (TPSA) is 66.6 Å². The summed E-state index contributed by atoms with van der Waals surface area (Å²) in [5.74, 6) is -0.289. The van der Waals surface area contributed by atoms with E-state index in [1.807, 2.05) is 47.4 Å². The predicted octanol–water partition coefficient (Wildman–Crippen LogP) is 2.98. The van der Waals surface area contributed by atoms with Crippen molar-refractivity contribution >= 4 is 23.2 Å². The molecular weight excluding hydrogens is 338 g/mol. The molecule has 0 aliphatic carbocycles. The van der Waals surface area contributed by atoms with Crippen molar-refractivity contribution in [3.63, 3.8) is 0 Å². The van der Waals surface area contributed by atoms with Crippen LogP contribution in [0.2, 0.25) is 0 Å². The van der Waals surface area contributed by atoms with Crippen molar-refractivity contribution in [2.24, 2.45) is 11.7 Å². The standard InChI is InChI=1S/C22H25N3O2/c1-15-13-17-5-2-3-7-20(17)25(15)22(27)16-8-10-19(11-9-16)24-12-4-6-18(14-24)21(23)26/h2-3,5,7-11,15,18H,4,6,12-14H2,1H3,(H2,23,26). The number of amides is 2. The Morgan fingerprint density at radius 1 is 1.07 bits per heavy atom. The molecule has 1 saturated heterocycles. The van der Waals surface area contributed by atoms with Crippen LogP contribution in [0.5, 0.6) is 0 Å². The highest BCUT2D eigenvalue weighted by Gasteiger charge is 2.31. The summed E-state index contributed by atoms with van der Waals surface area (Å²) in [5.41, 5.74) is 9.43. The number of carbonyl (C=O) groups excluding carboxylic acids is 2. The van der Waals surface area contributed by atoms with Gasteiger partial charge in [-0.25, -0.2) is 0 Å². The molecule has 0 aromatic heterocycles. The average Bonchev–Trinajstić information content (AvgIpc) is 3.03. The molecule has 1 fully saturated rings. The summed E-state index contributed by atoms with van der Waals surface area (Å²) in [6, 6.07) is 16.0. The van der Waals surface area contributed by atoms with Gasteiger partial charge in [0.15, 0.2) is 0 Å². The second-order valence-electron chi connectivity index (χ2n) is 7.59. The molecule has 140 valence electrons. The minimum Gasteiger partial charge on any atom is -0.371 e. The van der Waals surface area contributed by atoms with Crippen molar-refractivity contribution in [2.45, 2.75) is 32.2 Å². The lowest BCUT2D eigenvalue weighted by Gasteiger charge is -2.33. The van der Waals surface area contributed by atoms with Crippen LogP contribution in [-0.2, 0) is 11.2 Å². The molecule has 0 bridgehead atoms. The molecule has 2 amide bonds. The number of fused-ring (bicyclic) bond motifs is 1. The second kappa shape index (κ2) is 7.06. The molecule has 2 aromatic carbocycles. The van der Waals surface area contributed by atoms with Crippen LogP contribution in [0.4, 0.5) is 11.4 Å². The zero-order chi connectivity index (χ0) is 19.0. The molecule has 4 rings (SSSR count). The van der Waals surface area contributed by atoms with E-state index in [0.29, 0.717) is 12.1 Å². The Bertz CT molecular complexity index is 862. The molecule has 5 heteroatoms. The fraction of sp³-hybridized carbons (Fsp3) is 0.364. The lowest BCUT2D eigenvalue weighted by Crippen LogP contribution is -2.41. The zero-order valence-electron chi connectivity index (χ0n) is 15.6. The molecule has 5 nitrogen and oxygen atoms in total. The fourth-order valence-corrected chi connectivity index (χ4v) is 4.27. The third kappa shape index (κ3) is 3.29. The van der Waals surface area contributed by atoms with Gasteiger partial charge in [0.25, 0.3) is 5.91 Å². The van der Waals surface area contributed by atoms with E-state index in [0.717, 1.165) is 37.2 Å². The van der Waals surface area contributed by atoms with Gasteiger partial charge in [0.1, 0.15) is 0 Å². The third-order valence-corrected chi connectivity index (χ3v) is 5.73. The summed E-state index contributed by atoms with van der Waals surface area (Å²) in [5, 5.41) is 0. The maximum Gasteiger partial charge on any atom is 0.258 e. The molecule has 2 aliphatic rings. The first kappa shape index (κ1) is 17.6. The average molecular weight is 363 g/mol. The van der Waals surface area contributed by atoms with Crippen molar-refractivity contribution < 1.29 is 9.59 Å². The highest BCUT2D eigenvalue weighted by atomic mass is 16.2. The molecule has 2 aromatic rings. The number of anilines is 2. The van der Waals surface area contributed by atoms with Gasteiger partial charge in [-0.1, -0.05) is 18.2 Å². The summed E-state index contributed by atoms with van der Waals surface area (Å²) in [7, 11) is 0. The molecular formula is C22H25N3O2. The maximum absolute atomic E-state index is 13.1. The quantitative estimate of drug-likeness (QED) is 0.912. The Kier molecular flexibility index (Phi) is 4.60. The Hall–Kier alpha value is -2.82. The van der Waals surface area contributed by atoms with Crippen molar-refractivity contribution in [3.05, 3.63) is 59.7 Å². The zero-order valence-corrected chi connectivity index (χ0v) is 15.6. The second-order valence-corrected chi connectivity index (χ2v) is 7.59. The van der Waals surface area contributed by atoms with Gasteiger partial charge in [0.05, 0.1) is 5.92 Å². The Balaban J connectivity index is 1.52. The molecule has 2 aliphatic heterocycles. The number of hydrogen-bond donors (Lipinski definition) is 1. The molecule has 0 saturated carbocycles. The monoisotopic (exact) mass is 363 g/mol. The van der Waals surface area contributed by atoms with Crippen molar-refractivity contribution in [3.8, 4) is 0 Å². The van der Waals surface area contributed by atoms with E-state index >= 15 is 0 Å². The summed E-state index contributed by atoms with van der Waals surface area (Å²) < 4.78 is 0. The van der Waals surface area contributed by atoms with Gasteiger partial charge in [-0.05, 0) is 62.1 Å². The number of carbonyl (C=O) groups is 2. The number of benzene rings is 2. The smallest absolute Gasteiger partial charge is 0.258 e. The van der Waals surface area contributed by atoms with Crippen LogP contribution in [0, 0.1) is 5.92 Å². The summed E-state index contributed by atoms with van der Waals surface area (Å²) in [6.07, 6.45) is 2.70. The molecule has 2 N–H and O–H groups in total. The molecule has 27 heavy (non-hydrogen) atoms. The van der Waals surface area contributed by atoms with E-state index in [1.165, 1.54) is 5.56 Å². The lowest BCUT2D eigenvalue weighted by atomic mass is 9.97. The normalized spacial score (nSPS) is 21.8. The van der Waals surface area contributed by atoms with E-state index in [-0.39, 0.29) is 23.8 Å². The highest BCUT2D eigenvalue weighted by Crippen LogP contribution is 2.33. The summed E-state index contributed by atoms with van der Waals surface area (Å²) >= 11 is 0. The van der Waals surface area contributed by atoms with Gasteiger partial charge >= 0.3 is 0 Å². The molecule has 0 spiro atoms. The predicted molar refractivity (Wildman–Crippen MR) is 107 cm³/mol. The van der Waals surface area contributed by atoms with E-state index in [2.05, 4.69) is 17.9 Å². The van der Waals surface area contributed by atoms with Crippen LogP contribution in [-0.4, -0.2) is 30.9 Å². The number of para-hydroxylation sites is 1. The number of primary amides is 1. The van der Waals surface area contributed by atoms with Gasteiger partial charge in [0.2, 0.25) is 5.91 Å². The van der Waals surface area contributed by atoms with Gasteiger partial charge in [-0.2, -0.15) is 0 Å². The van der Waals surface area contributed by atoms with Gasteiger partial charge in [-0.3, -0.25) is 9.59 Å². The molecule has 2 unspecified atom stereocenters. The van der Waals surface area contributed by atoms with Crippen LogP contribution < -0.4 is 15.5 Å². The van der Waals surface area contributed by atoms with E-state index < -0.39 is 0 Å². The van der Waals surface area contributed by atoms with E-state index in [1.54, 1.807) is 0 Å². The van der Waals surface area contributed by atoms with E-state index in [9.17, 15) is 9.59 Å². The van der Waals surface area contributed by atoms with Crippen LogP contribution in [0.25, 0.3) is 0 Å². The largest absolute Gasteiger partial charge is 0.371 e. The van der Waals surface area contributed by atoms with Crippen molar-refractivity contribution in [1.29, 1.82) is 0 Å². The van der Waals surface area contributed by atoms with Crippen LogP contribution in [0.15, 0.2) is 48.5 Å². The first-order valence-electron chi connectivity index (χ1n) is 9.60. The van der Waals surface area contributed by atoms with Crippen LogP contribution in [0.3, 0.4) is 0 Å². The Morgan fingerprint density at radius 3 is 2.56 bits per heavy atom. The molecule has 2 atom stereocenters. The number of hydrogen-bond acceptors (Lipinski definition) is 3. The Labute approximate surface area is 159 Å². The summed E-state index contributed by atoms with van der Waals surface area (Å²) in [6.45, 7) is 3.65. The van der Waals surface area contributed by atoms with Crippen LogP contribution in [0.1, 0.15) is 35.7 Å². The van der Waals surface area contributed by atoms with Gasteiger partial charge in [-0.15, -0.1) is 0 Å². The van der Waals surface area contributed by atoms with Crippen molar-refractivity contribution in [1.82, 2.24) is 0 Å². The Morgan fingerprint density at radius 2 is 1.81 bits per heavy atom. The maximum atomic E-state index is 13.1. The summed E-state index contributed by atoms with van der Waals surface area (Å²) in [4.78, 5) is 28.7. The van der Waals surface area contributed by atoms with Crippen LogP contribution >= 0.6 is 0 Å². The van der Waals surface area contributed by atoms with Gasteiger partial charge in [0, 0.05) is 36.1 Å². The first-order chi connectivity index (χ1) is 13.0. The lowest BCUT2D eigenvalue weighted by molar-refractivity contribution is -0.122. The SMILES string of the molecule is CC1Cc2ccccc2N1C(=O)c1ccc(N2CCCC(C(N)=O)C2)cc1. The molecule has 2 heterocycles. The van der Waals surface area contributed by atoms with E-state index in [4.69, 9.17) is 5.73 Å². The molecule has 0 radical (unpaired) electrons. The number of nitrogens with zero attached hydrogens (tertiary/aromatic N) is 2. The fourth-order valence-electron chi connectivity index (χ4n) is 4.27. The minimum absolute atomic E-state index is 0.0349. The third-order valence-electron chi connectivity index (χ3n) is 5.73. The van der Waals surface area contributed by atoms with Crippen molar-refractivity contribution in [2.75, 3.05) is 22.9 Å². The minimum atomic E-state index is -0.229. The number of rotatable bonds is 3. The van der Waals surface area contributed by atoms with Gasteiger partial charge < -0.3 is 15.5 Å².